The van der Waals surface area contributed by atoms with Gasteiger partial charge in [0, 0.05) is 22.7 Å². The Morgan fingerprint density at radius 2 is 1.19 bits per heavy atom. The summed E-state index contributed by atoms with van der Waals surface area (Å²) in [6.45, 7) is 16.8. The lowest BCUT2D eigenvalue weighted by molar-refractivity contribution is 1.40. The van der Waals surface area contributed by atoms with E-state index in [1.807, 2.05) is 50.4 Å². The number of hydrogen-bond donors (Lipinski definition) is 0. The fourth-order valence-electron chi connectivity index (χ4n) is 6.56. The smallest absolute Gasteiger partial charge is 0.0784 e. The molecule has 254 valence electrons. The van der Waals surface area contributed by atoms with E-state index in [9.17, 15) is 0 Å². The van der Waals surface area contributed by atoms with Gasteiger partial charge in [-0.05, 0) is 99.8 Å². The molecule has 0 aliphatic heterocycles. The maximum atomic E-state index is 5.13. The van der Waals surface area contributed by atoms with Gasteiger partial charge in [-0.1, -0.05) is 160 Å². The van der Waals surface area contributed by atoms with Gasteiger partial charge in [-0.15, -0.1) is 0 Å². The molecule has 7 rings (SSSR count). The molecule has 52 heavy (non-hydrogen) atoms. The number of para-hydroxylation sites is 1. The molecule has 0 saturated heterocycles. The van der Waals surface area contributed by atoms with Crippen molar-refractivity contribution >= 4 is 27.9 Å². The van der Waals surface area contributed by atoms with Crippen molar-refractivity contribution in [3.63, 3.8) is 0 Å². The Balaban J connectivity index is 0.00000228. The minimum Gasteiger partial charge on any atom is -0.256 e. The molecule has 0 atom stereocenters. The summed E-state index contributed by atoms with van der Waals surface area (Å²) < 4.78 is 0. The molecule has 2 heteroatoms. The molecule has 0 amide bonds. The van der Waals surface area contributed by atoms with Crippen LogP contribution in [0.3, 0.4) is 0 Å². The quantitative estimate of drug-likeness (QED) is 0.111. The van der Waals surface area contributed by atoms with Crippen LogP contribution in [0.1, 0.15) is 52.8 Å². The Bertz CT molecular complexity index is 2410. The normalized spacial score (nSPS) is 11.5. The number of fused-ring (bicyclic) bond motifs is 1. The van der Waals surface area contributed by atoms with Crippen LogP contribution in [0.25, 0.3) is 44.4 Å². The van der Waals surface area contributed by atoms with E-state index in [1.54, 1.807) is 0 Å². The van der Waals surface area contributed by atoms with E-state index in [1.165, 1.54) is 16.7 Å². The number of aryl methyl sites for hydroxylation is 2. The van der Waals surface area contributed by atoms with Crippen LogP contribution in [-0.2, 0) is 0 Å². The lowest BCUT2D eigenvalue weighted by Crippen LogP contribution is -2.05. The number of aliphatic imine (C=N–C) groups is 1. The van der Waals surface area contributed by atoms with Crippen molar-refractivity contribution in [1.82, 2.24) is 4.98 Å². The van der Waals surface area contributed by atoms with Crippen molar-refractivity contribution in [3.8, 4) is 22.3 Å². The highest BCUT2D eigenvalue weighted by atomic mass is 14.8. The molecule has 2 nitrogen and oxygen atoms in total. The van der Waals surface area contributed by atoms with Crippen molar-refractivity contribution in [2.45, 2.75) is 27.7 Å². The van der Waals surface area contributed by atoms with E-state index in [-0.39, 0.29) is 0 Å². The van der Waals surface area contributed by atoms with E-state index in [4.69, 9.17) is 4.99 Å². The van der Waals surface area contributed by atoms with Gasteiger partial charge >= 0.3 is 0 Å². The van der Waals surface area contributed by atoms with Crippen LogP contribution in [0.5, 0.6) is 0 Å². The molecule has 0 bridgehead atoms. The minimum absolute atomic E-state index is 0.715. The van der Waals surface area contributed by atoms with Gasteiger partial charge in [0.05, 0.1) is 16.9 Å². The zero-order chi connectivity index (χ0) is 36.5. The molecule has 0 fully saturated rings. The lowest BCUT2D eigenvalue weighted by Gasteiger charge is -2.16. The zero-order valence-electron chi connectivity index (χ0n) is 30.5. The van der Waals surface area contributed by atoms with E-state index in [0.29, 0.717) is 5.70 Å². The predicted octanol–water partition coefficient (Wildman–Crippen LogP) is 13.3. The van der Waals surface area contributed by atoms with E-state index in [0.717, 1.165) is 66.7 Å². The predicted molar refractivity (Wildman–Crippen MR) is 225 cm³/mol. The van der Waals surface area contributed by atoms with Crippen molar-refractivity contribution in [2.24, 2.45) is 4.99 Å². The average molecular weight is 673 g/mol. The number of aromatic nitrogens is 1. The van der Waals surface area contributed by atoms with Crippen molar-refractivity contribution in [3.05, 3.63) is 222 Å². The van der Waals surface area contributed by atoms with Crippen LogP contribution in [-0.4, -0.2) is 10.7 Å². The maximum Gasteiger partial charge on any atom is 0.0784 e. The monoisotopic (exact) mass is 672 g/mol. The second-order valence-electron chi connectivity index (χ2n) is 12.5. The third kappa shape index (κ3) is 7.67. The summed E-state index contributed by atoms with van der Waals surface area (Å²) in [7, 11) is 0. The summed E-state index contributed by atoms with van der Waals surface area (Å²) in [5.74, 6) is 0. The third-order valence-electron chi connectivity index (χ3n) is 9.17. The molecular formula is C50H44N2. The van der Waals surface area contributed by atoms with E-state index < -0.39 is 0 Å². The molecule has 0 saturated carbocycles. The van der Waals surface area contributed by atoms with E-state index >= 15 is 0 Å². The van der Waals surface area contributed by atoms with Crippen molar-refractivity contribution in [2.75, 3.05) is 0 Å². The number of allylic oxidation sites excluding steroid dienone is 2. The van der Waals surface area contributed by atoms with Gasteiger partial charge in [0.15, 0.2) is 0 Å². The SMILES string of the molecule is C=C/C=C(/c1cc(-c2ccc(C(=C)N=C(c3ccccc3)c3ccccc3C)cc2)cc(-c2ccnc3ccccc23)c1)c1ccccc1C.CC. The summed E-state index contributed by atoms with van der Waals surface area (Å²) in [4.78, 5) is 9.77. The Hall–Kier alpha value is -6.38. The van der Waals surface area contributed by atoms with Gasteiger partial charge in [0.25, 0.3) is 0 Å². The molecule has 1 aromatic heterocycles. The minimum atomic E-state index is 0.715. The summed E-state index contributed by atoms with van der Waals surface area (Å²) in [5, 5.41) is 1.12. The first-order chi connectivity index (χ1) is 25.5. The molecule has 7 aromatic rings. The number of benzene rings is 6. The largest absolute Gasteiger partial charge is 0.256 e. The standard InChI is InChI=1S/C48H38N2.C2H6/c1-5-15-44(42-20-11-9-16-33(42)2)40-30-39(31-41(32-40)45-28-29-49-47-23-14-13-22-46(45)47)37-26-24-36(25-27-37)35(4)50-48(38-18-7-6-8-19-38)43-21-12-10-17-34(43)3;1-2/h5-32H,1,4H2,2-3H3;1-2H3/b44-15-,50-48?;. The average Bonchev–Trinajstić information content (AvgIpc) is 3.20. The Morgan fingerprint density at radius 1 is 0.577 bits per heavy atom. The highest BCUT2D eigenvalue weighted by Gasteiger charge is 2.15. The number of pyridine rings is 1. The number of nitrogens with zero attached hydrogens (tertiary/aromatic N) is 2. The molecule has 0 aliphatic carbocycles. The van der Waals surface area contributed by atoms with Crippen molar-refractivity contribution in [1.29, 1.82) is 0 Å². The fraction of sp³-hybridized carbons (Fsp3) is 0.0800. The van der Waals surface area contributed by atoms with Gasteiger partial charge in [-0.2, -0.15) is 0 Å². The fourth-order valence-corrected chi connectivity index (χ4v) is 6.56. The van der Waals surface area contributed by atoms with Crippen LogP contribution in [0.15, 0.2) is 188 Å². The number of hydrogen-bond acceptors (Lipinski definition) is 2. The summed E-state index contributed by atoms with van der Waals surface area (Å²) >= 11 is 0. The topological polar surface area (TPSA) is 25.2 Å². The first kappa shape index (κ1) is 35.4. The summed E-state index contributed by atoms with van der Waals surface area (Å²) in [6.07, 6.45) is 5.88. The van der Waals surface area contributed by atoms with Gasteiger partial charge in [-0.3, -0.25) is 4.98 Å². The van der Waals surface area contributed by atoms with Crippen LogP contribution in [0.4, 0.5) is 0 Å². The van der Waals surface area contributed by atoms with Crippen LogP contribution < -0.4 is 0 Å². The Labute approximate surface area is 308 Å². The van der Waals surface area contributed by atoms with Gasteiger partial charge in [-0.25, -0.2) is 4.99 Å². The van der Waals surface area contributed by atoms with Crippen LogP contribution in [0.2, 0.25) is 0 Å². The van der Waals surface area contributed by atoms with E-state index in [2.05, 4.69) is 165 Å². The molecule has 0 N–H and O–H groups in total. The number of rotatable bonds is 9. The highest BCUT2D eigenvalue weighted by Crippen LogP contribution is 2.37. The molecule has 6 aromatic carbocycles. The highest BCUT2D eigenvalue weighted by molar-refractivity contribution is 6.15. The van der Waals surface area contributed by atoms with Crippen LogP contribution in [0, 0.1) is 13.8 Å². The molecule has 0 radical (unpaired) electrons. The van der Waals surface area contributed by atoms with Crippen LogP contribution >= 0.6 is 0 Å². The van der Waals surface area contributed by atoms with Gasteiger partial charge in [0.2, 0.25) is 0 Å². The lowest BCUT2D eigenvalue weighted by atomic mass is 9.88. The first-order valence-electron chi connectivity index (χ1n) is 17.9. The zero-order valence-corrected chi connectivity index (χ0v) is 30.5. The van der Waals surface area contributed by atoms with Crippen molar-refractivity contribution < 1.29 is 0 Å². The Morgan fingerprint density at radius 3 is 1.88 bits per heavy atom. The molecule has 0 unspecified atom stereocenters. The first-order valence-corrected chi connectivity index (χ1v) is 17.9. The van der Waals surface area contributed by atoms with Gasteiger partial charge in [0.1, 0.15) is 0 Å². The summed E-state index contributed by atoms with van der Waals surface area (Å²) in [5.41, 5.74) is 16.1. The molecule has 1 heterocycles. The molecule has 0 spiro atoms. The second-order valence-corrected chi connectivity index (χ2v) is 12.5. The second kappa shape index (κ2) is 16.6. The Kier molecular flexibility index (Phi) is 11.3. The molecular weight excluding hydrogens is 629 g/mol. The third-order valence-corrected chi connectivity index (χ3v) is 9.17. The maximum absolute atomic E-state index is 5.13. The van der Waals surface area contributed by atoms with Gasteiger partial charge < -0.3 is 0 Å². The molecule has 0 aliphatic rings. The summed E-state index contributed by atoms with van der Waals surface area (Å²) in [6, 6.07) is 53.1.